The highest BCUT2D eigenvalue weighted by molar-refractivity contribution is 5.87. The standard InChI is InChI=1S/C15H16O4/c1-8-4-3-5-15-13(19-15)12(18-14(15)16)11-9(2)7-17-10(11)6-8/h3-4,7-8,12-13H,5-6H2,1-2H3/b4-3-. The summed E-state index contributed by atoms with van der Waals surface area (Å²) in [4.78, 5) is 12.1. The fourth-order valence-corrected chi connectivity index (χ4v) is 3.28. The summed E-state index contributed by atoms with van der Waals surface area (Å²) in [5.74, 6) is 1.07. The lowest BCUT2D eigenvalue weighted by atomic mass is 9.91. The zero-order chi connectivity index (χ0) is 13.2. The van der Waals surface area contributed by atoms with Crippen molar-refractivity contribution in [3.8, 4) is 0 Å². The van der Waals surface area contributed by atoms with E-state index in [1.54, 1.807) is 6.26 Å². The van der Waals surface area contributed by atoms with Crippen LogP contribution in [0.15, 0.2) is 22.8 Å². The van der Waals surface area contributed by atoms with Crippen molar-refractivity contribution < 1.29 is 18.7 Å². The maximum atomic E-state index is 12.1. The number of ether oxygens (including phenoxy) is 2. The first kappa shape index (κ1) is 11.3. The second kappa shape index (κ2) is 3.51. The quantitative estimate of drug-likeness (QED) is 0.408. The SMILES string of the molecule is Cc1coc2c1C1OC(=O)C3(C/C=C\C(C)C2)OC13. The highest BCUT2D eigenvalue weighted by Gasteiger charge is 2.73. The van der Waals surface area contributed by atoms with Gasteiger partial charge in [0.25, 0.3) is 0 Å². The van der Waals surface area contributed by atoms with Crippen molar-refractivity contribution in [2.45, 2.75) is 44.5 Å². The monoisotopic (exact) mass is 260 g/mol. The van der Waals surface area contributed by atoms with E-state index in [2.05, 4.69) is 13.0 Å². The van der Waals surface area contributed by atoms with E-state index in [-0.39, 0.29) is 18.2 Å². The van der Waals surface area contributed by atoms with Gasteiger partial charge in [0.15, 0.2) is 11.7 Å². The van der Waals surface area contributed by atoms with Crippen LogP contribution in [0.3, 0.4) is 0 Å². The topological polar surface area (TPSA) is 52.0 Å². The second-order valence-electron chi connectivity index (χ2n) is 5.82. The van der Waals surface area contributed by atoms with Gasteiger partial charge in [-0.25, -0.2) is 4.79 Å². The Bertz CT molecular complexity index is 585. The number of aryl methyl sites for hydroxylation is 1. The van der Waals surface area contributed by atoms with E-state index in [1.807, 2.05) is 13.0 Å². The molecule has 4 unspecified atom stereocenters. The van der Waals surface area contributed by atoms with Gasteiger partial charge in [-0.1, -0.05) is 19.1 Å². The Labute approximate surface area is 111 Å². The van der Waals surface area contributed by atoms with Gasteiger partial charge in [0.05, 0.1) is 6.26 Å². The molecule has 0 aromatic carbocycles. The Morgan fingerprint density at radius 2 is 2.26 bits per heavy atom. The van der Waals surface area contributed by atoms with E-state index in [1.165, 1.54) is 0 Å². The van der Waals surface area contributed by atoms with Gasteiger partial charge >= 0.3 is 5.97 Å². The lowest BCUT2D eigenvalue weighted by molar-refractivity contribution is -0.154. The van der Waals surface area contributed by atoms with Crippen molar-refractivity contribution in [2.75, 3.05) is 0 Å². The maximum absolute atomic E-state index is 12.1. The molecule has 3 heterocycles. The van der Waals surface area contributed by atoms with Gasteiger partial charge in [-0.15, -0.1) is 0 Å². The van der Waals surface area contributed by atoms with Gasteiger partial charge in [-0.2, -0.15) is 0 Å². The predicted octanol–water partition coefficient (Wildman–Crippen LogP) is 2.46. The Morgan fingerprint density at radius 1 is 1.42 bits per heavy atom. The first-order valence-electron chi connectivity index (χ1n) is 6.74. The summed E-state index contributed by atoms with van der Waals surface area (Å²) in [6, 6.07) is 0. The minimum atomic E-state index is -0.723. The molecule has 2 aliphatic heterocycles. The maximum Gasteiger partial charge on any atom is 0.342 e. The van der Waals surface area contributed by atoms with Gasteiger partial charge in [-0.3, -0.25) is 0 Å². The summed E-state index contributed by atoms with van der Waals surface area (Å²) < 4.78 is 16.9. The van der Waals surface area contributed by atoms with Crippen LogP contribution in [-0.4, -0.2) is 17.7 Å². The van der Waals surface area contributed by atoms with E-state index < -0.39 is 5.60 Å². The van der Waals surface area contributed by atoms with Gasteiger partial charge < -0.3 is 13.9 Å². The van der Waals surface area contributed by atoms with E-state index >= 15 is 0 Å². The third-order valence-electron chi connectivity index (χ3n) is 4.37. The van der Waals surface area contributed by atoms with Crippen LogP contribution in [0.2, 0.25) is 0 Å². The van der Waals surface area contributed by atoms with Crippen molar-refractivity contribution in [1.82, 2.24) is 0 Å². The summed E-state index contributed by atoms with van der Waals surface area (Å²) in [7, 11) is 0. The molecule has 2 saturated heterocycles. The normalized spacial score (nSPS) is 41.2. The zero-order valence-electron chi connectivity index (χ0n) is 11.0. The molecule has 4 atom stereocenters. The molecule has 0 amide bonds. The van der Waals surface area contributed by atoms with E-state index in [0.717, 1.165) is 23.3 Å². The third kappa shape index (κ3) is 1.40. The molecule has 100 valence electrons. The molecule has 0 N–H and O–H groups in total. The smallest absolute Gasteiger partial charge is 0.342 e. The third-order valence-corrected chi connectivity index (χ3v) is 4.37. The number of furan rings is 1. The molecule has 2 bridgehead atoms. The molecule has 4 rings (SSSR count). The number of allylic oxidation sites excluding steroid dienone is 1. The Balaban J connectivity index is 1.85. The molecule has 0 saturated carbocycles. The van der Waals surface area contributed by atoms with Crippen molar-refractivity contribution in [1.29, 1.82) is 0 Å². The fraction of sp³-hybridized carbons (Fsp3) is 0.533. The molecule has 3 aliphatic rings. The summed E-state index contributed by atoms with van der Waals surface area (Å²) in [6.45, 7) is 4.14. The van der Waals surface area contributed by atoms with Crippen LogP contribution in [-0.2, 0) is 20.7 Å². The molecule has 19 heavy (non-hydrogen) atoms. The van der Waals surface area contributed by atoms with Crippen LogP contribution in [0.5, 0.6) is 0 Å². The van der Waals surface area contributed by atoms with Crippen molar-refractivity contribution >= 4 is 5.97 Å². The number of carbonyl (C=O) groups excluding carboxylic acids is 1. The fourth-order valence-electron chi connectivity index (χ4n) is 3.28. The lowest BCUT2D eigenvalue weighted by Gasteiger charge is -2.14. The number of rotatable bonds is 0. The van der Waals surface area contributed by atoms with Crippen molar-refractivity contribution in [3.05, 3.63) is 35.3 Å². The average Bonchev–Trinajstić information content (AvgIpc) is 2.91. The number of carbonyl (C=O) groups is 1. The molecule has 2 fully saturated rings. The first-order chi connectivity index (χ1) is 9.12. The van der Waals surface area contributed by atoms with E-state index in [4.69, 9.17) is 13.9 Å². The van der Waals surface area contributed by atoms with Gasteiger partial charge in [-0.05, 0) is 18.4 Å². The number of hydrogen-bond donors (Lipinski definition) is 0. The first-order valence-corrected chi connectivity index (χ1v) is 6.74. The van der Waals surface area contributed by atoms with Crippen LogP contribution in [0.1, 0.15) is 36.3 Å². The molecule has 1 aromatic rings. The van der Waals surface area contributed by atoms with Crippen LogP contribution < -0.4 is 0 Å². The number of esters is 1. The van der Waals surface area contributed by atoms with Gasteiger partial charge in [0.2, 0.25) is 0 Å². The molecular weight excluding hydrogens is 244 g/mol. The molecule has 0 spiro atoms. The van der Waals surface area contributed by atoms with Crippen molar-refractivity contribution in [3.63, 3.8) is 0 Å². The molecule has 4 nitrogen and oxygen atoms in total. The van der Waals surface area contributed by atoms with Crippen LogP contribution >= 0.6 is 0 Å². The van der Waals surface area contributed by atoms with E-state index in [9.17, 15) is 4.79 Å². The minimum absolute atomic E-state index is 0.145. The van der Waals surface area contributed by atoms with Gasteiger partial charge in [0, 0.05) is 18.4 Å². The van der Waals surface area contributed by atoms with E-state index in [0.29, 0.717) is 12.3 Å². The Kier molecular flexibility index (Phi) is 2.09. The highest BCUT2D eigenvalue weighted by Crippen LogP contribution is 2.56. The number of epoxide rings is 1. The summed E-state index contributed by atoms with van der Waals surface area (Å²) in [5, 5.41) is 0. The number of fused-ring (bicyclic) bond motifs is 2. The largest absolute Gasteiger partial charge is 0.469 e. The second-order valence-corrected chi connectivity index (χ2v) is 5.82. The van der Waals surface area contributed by atoms with Crippen LogP contribution in [0.4, 0.5) is 0 Å². The predicted molar refractivity (Wildman–Crippen MR) is 66.5 cm³/mol. The van der Waals surface area contributed by atoms with Crippen LogP contribution in [0, 0.1) is 12.8 Å². The molecule has 1 aromatic heterocycles. The summed E-state index contributed by atoms with van der Waals surface area (Å²) >= 11 is 0. The lowest BCUT2D eigenvalue weighted by Crippen LogP contribution is -2.21. The van der Waals surface area contributed by atoms with Crippen molar-refractivity contribution in [2.24, 2.45) is 5.92 Å². The average molecular weight is 260 g/mol. The zero-order valence-corrected chi connectivity index (χ0v) is 11.0. The summed E-state index contributed by atoms with van der Waals surface area (Å²) in [6.07, 6.45) is 6.91. The molecule has 0 radical (unpaired) electrons. The highest BCUT2D eigenvalue weighted by atomic mass is 16.7. The Hall–Kier alpha value is -1.55. The van der Waals surface area contributed by atoms with Gasteiger partial charge in [0.1, 0.15) is 11.9 Å². The summed E-state index contributed by atoms with van der Waals surface area (Å²) in [5.41, 5.74) is 1.33. The number of hydrogen-bond acceptors (Lipinski definition) is 4. The molecule has 1 aliphatic carbocycles. The molecular formula is C15H16O4. The van der Waals surface area contributed by atoms with Crippen LogP contribution in [0.25, 0.3) is 0 Å². The Morgan fingerprint density at radius 3 is 3.05 bits per heavy atom. The minimum Gasteiger partial charge on any atom is -0.469 e. The molecule has 4 heteroatoms.